The van der Waals surface area contributed by atoms with Crippen molar-refractivity contribution >= 4 is 11.6 Å². The number of benzene rings is 5. The van der Waals surface area contributed by atoms with Crippen molar-refractivity contribution in [2.75, 3.05) is 0 Å². The van der Waals surface area contributed by atoms with Crippen molar-refractivity contribution in [2.24, 2.45) is 28.2 Å². The van der Waals surface area contributed by atoms with Crippen molar-refractivity contribution in [2.45, 2.75) is 138 Å². The van der Waals surface area contributed by atoms with Crippen LogP contribution < -0.4 is 27.4 Å². The molecule has 0 unspecified atom stereocenters. The number of rotatable bonds is 7. The Morgan fingerprint density at radius 3 is 0.894 bits per heavy atom. The Hall–Kier alpha value is -9.66. The molecule has 8 heteroatoms. The van der Waals surface area contributed by atoms with Crippen LogP contribution in [0.4, 0.5) is 0 Å². The number of nitrogens with zero attached hydrogens (tertiary/aromatic N) is 6. The minimum absolute atomic E-state index is 0. The Bertz CT molecular complexity index is 3420. The Balaban J connectivity index is 0.00000104. The Labute approximate surface area is 569 Å². The molecule has 0 aliphatic carbocycles. The summed E-state index contributed by atoms with van der Waals surface area (Å²) in [6, 6.07) is 69.4. The highest BCUT2D eigenvalue weighted by molar-refractivity contribution is 5.96. The number of aryl methyl sites for hydroxylation is 15. The van der Waals surface area contributed by atoms with Gasteiger partial charge in [0.05, 0.1) is 0 Å². The van der Waals surface area contributed by atoms with Gasteiger partial charge in [0, 0.05) is 101 Å². The first-order valence-electron chi connectivity index (χ1n) is 32.6. The maximum Gasteiger partial charge on any atom is 0.227 e. The minimum Gasteiger partial charge on any atom is -0.294 e. The smallest absolute Gasteiger partial charge is 0.227 e. The summed E-state index contributed by atoms with van der Waals surface area (Å²) in [7, 11) is 8.07. The molecule has 5 aromatic carbocycles. The molecule has 6 aromatic heterocycles. The molecule has 0 amide bonds. The van der Waals surface area contributed by atoms with Gasteiger partial charge in [-0.15, -0.1) is 0 Å². The van der Waals surface area contributed by atoms with Gasteiger partial charge in [-0.2, -0.15) is 9.13 Å². The molecule has 0 aliphatic heterocycles. The predicted molar refractivity (Wildman–Crippen MR) is 396 cm³/mol. The standard InChI is InChI=1S/C14H14NO.C12H12N.C10H12O.C9H12.C8H10.4C7H10N.2C2H6.CH4/c1-12-5-7-13(8-6-12)14(16)11-15-9-3-2-4-10-15;1-11-5-7-12(8-6-11)13-9-3-2-4-10-13;1-3-10(11)9-6-4-8(2)5-7-9;1-3-9-6-4-8(2)5-7-9;3*1-7-3-5-8(2)6-4-7;2*1-7-4-3-5-8(2)6-7;2*1-2;/h2-10H,11H2,1H3;2-10H,1H3;4-7H,3H2,1-2H3;4-7H,3H2,1-2H3;5*3-6H,1-2H3;2*1-2H3;1H4/q2*+1;;;;4*+1;;;. The van der Waals surface area contributed by atoms with Gasteiger partial charge >= 0.3 is 0 Å². The number of hydrogen-bond acceptors (Lipinski definition) is 2. The monoisotopic (exact) mass is 1260 g/mol. The Kier molecular flexibility index (Phi) is 45.7. The highest BCUT2D eigenvalue weighted by Crippen LogP contribution is 2.07. The first-order chi connectivity index (χ1) is 44.6. The van der Waals surface area contributed by atoms with Gasteiger partial charge in [0.15, 0.2) is 80.1 Å². The van der Waals surface area contributed by atoms with Crippen LogP contribution in [0.15, 0.2) is 281 Å². The second kappa shape index (κ2) is 50.9. The van der Waals surface area contributed by atoms with E-state index in [1.54, 1.807) is 0 Å². The van der Waals surface area contributed by atoms with E-state index in [0.29, 0.717) is 13.0 Å². The second-order valence-electron chi connectivity index (χ2n) is 22.3. The van der Waals surface area contributed by atoms with Crippen molar-refractivity contribution in [3.05, 3.63) is 353 Å². The van der Waals surface area contributed by atoms with Gasteiger partial charge in [0.1, 0.15) is 28.2 Å². The van der Waals surface area contributed by atoms with E-state index in [1.165, 1.54) is 66.9 Å². The van der Waals surface area contributed by atoms with Crippen molar-refractivity contribution in [1.29, 1.82) is 0 Å². The van der Waals surface area contributed by atoms with Crippen LogP contribution >= 0.6 is 0 Å². The van der Waals surface area contributed by atoms with Gasteiger partial charge in [0.2, 0.25) is 18.0 Å². The van der Waals surface area contributed by atoms with E-state index in [-0.39, 0.29) is 19.0 Å². The number of Topliss-reactive ketones (excluding diaryl/α,β-unsaturated/α-hetero) is 2. The molecule has 0 radical (unpaired) electrons. The molecule has 496 valence electrons. The van der Waals surface area contributed by atoms with Gasteiger partial charge in [-0.1, -0.05) is 204 Å². The first kappa shape index (κ1) is 84.3. The van der Waals surface area contributed by atoms with Gasteiger partial charge in [-0.25, -0.2) is 18.3 Å². The number of aromatic nitrogens is 6. The summed E-state index contributed by atoms with van der Waals surface area (Å²) in [6.07, 6.45) is 26.0. The van der Waals surface area contributed by atoms with E-state index in [1.807, 2.05) is 259 Å². The summed E-state index contributed by atoms with van der Waals surface area (Å²) in [6.45, 7) is 33.2. The molecule has 0 atom stereocenters. The predicted octanol–water partition coefficient (Wildman–Crippen LogP) is 17.9. The maximum absolute atomic E-state index is 11.9. The molecule has 0 N–H and O–H groups in total. The highest BCUT2D eigenvalue weighted by atomic mass is 16.1. The van der Waals surface area contributed by atoms with Crippen LogP contribution in [-0.2, 0) is 41.2 Å². The molecule has 0 aliphatic rings. The number of ketones is 2. The van der Waals surface area contributed by atoms with Crippen LogP contribution in [0.5, 0.6) is 0 Å². The van der Waals surface area contributed by atoms with E-state index in [0.717, 1.165) is 17.5 Å². The van der Waals surface area contributed by atoms with E-state index in [9.17, 15) is 9.59 Å². The summed E-state index contributed by atoms with van der Waals surface area (Å²) in [5.74, 6) is 0.348. The third-order valence-electron chi connectivity index (χ3n) is 13.4. The lowest BCUT2D eigenvalue weighted by Crippen LogP contribution is -2.36. The zero-order valence-corrected chi connectivity index (χ0v) is 60.2. The first-order valence-corrected chi connectivity index (χ1v) is 32.6. The van der Waals surface area contributed by atoms with Crippen molar-refractivity contribution in [3.8, 4) is 5.69 Å². The van der Waals surface area contributed by atoms with Crippen LogP contribution in [0.3, 0.4) is 0 Å². The van der Waals surface area contributed by atoms with Crippen molar-refractivity contribution in [1.82, 2.24) is 0 Å². The molecule has 6 heterocycles. The molecular formula is C86H116N6O2+6. The van der Waals surface area contributed by atoms with Crippen molar-refractivity contribution < 1.29 is 37.0 Å². The highest BCUT2D eigenvalue weighted by Gasteiger charge is 2.11. The molecule has 0 fully saturated rings. The molecule has 0 spiro atoms. The average molecular weight is 1270 g/mol. The quantitative estimate of drug-likeness (QED) is 0.118. The van der Waals surface area contributed by atoms with Gasteiger partial charge in [0.25, 0.3) is 0 Å². The molecular weight excluding hydrogens is 1150 g/mol. The summed E-state index contributed by atoms with van der Waals surface area (Å²) < 4.78 is 12.1. The minimum atomic E-state index is 0. The lowest BCUT2D eigenvalue weighted by molar-refractivity contribution is -0.683. The van der Waals surface area contributed by atoms with Crippen LogP contribution in [0, 0.1) is 69.2 Å². The zero-order valence-electron chi connectivity index (χ0n) is 60.2. The lowest BCUT2D eigenvalue weighted by atomic mass is 10.1. The fraction of sp³-hybridized carbons (Fsp3) is 0.279. The number of pyridine rings is 6. The van der Waals surface area contributed by atoms with Gasteiger partial charge in [-0.05, 0) is 104 Å². The molecule has 8 nitrogen and oxygen atoms in total. The van der Waals surface area contributed by atoms with Crippen LogP contribution in [0.1, 0.15) is 137 Å². The van der Waals surface area contributed by atoms with Gasteiger partial charge in [-0.3, -0.25) is 9.59 Å². The maximum atomic E-state index is 11.9. The molecule has 11 aromatic rings. The molecule has 0 saturated heterocycles. The largest absolute Gasteiger partial charge is 0.294 e. The molecule has 0 bridgehead atoms. The molecule has 0 saturated carbocycles. The third kappa shape index (κ3) is 40.2. The topological polar surface area (TPSA) is 57.4 Å². The van der Waals surface area contributed by atoms with E-state index < -0.39 is 0 Å². The fourth-order valence-electron chi connectivity index (χ4n) is 7.85. The SMILES string of the molecule is C.CC.CC.CCC(=O)c1ccc(C)cc1.CCc1ccc(C)cc1.Cc1cc[n+](C)cc1.Cc1cc[n+](C)cc1.Cc1ccc(-[n+]2ccccc2)cc1.Cc1ccc(C(=O)C[n+]2ccccc2)cc1.Cc1ccc(C)cc1.Cc1ccc[n+](C)c1.Cc1ccc[n+](C)c1. The molecule has 11 rings (SSSR count). The van der Waals surface area contributed by atoms with Crippen molar-refractivity contribution in [3.63, 3.8) is 0 Å². The van der Waals surface area contributed by atoms with Crippen LogP contribution in [0.2, 0.25) is 0 Å². The second-order valence-corrected chi connectivity index (χ2v) is 22.3. The summed E-state index contributed by atoms with van der Waals surface area (Å²) in [4.78, 5) is 23.0. The average Bonchev–Trinajstić information content (AvgIpc) is 1.36. The summed E-state index contributed by atoms with van der Waals surface area (Å²) in [5.41, 5.74) is 17.1. The Morgan fingerprint density at radius 2 is 0.596 bits per heavy atom. The third-order valence-corrected chi connectivity index (χ3v) is 13.4. The number of carbonyl (C=O) groups excluding carboxylic acids is 2. The molecule has 94 heavy (non-hydrogen) atoms. The number of hydrogen-bond donors (Lipinski definition) is 0. The normalized spacial score (nSPS) is 9.19. The lowest BCUT2D eigenvalue weighted by Gasteiger charge is -1.98. The van der Waals surface area contributed by atoms with E-state index >= 15 is 0 Å². The van der Waals surface area contributed by atoms with Crippen LogP contribution in [-0.4, -0.2) is 11.6 Å². The fourth-order valence-corrected chi connectivity index (χ4v) is 7.85. The number of carbonyl (C=O) groups is 2. The van der Waals surface area contributed by atoms with E-state index in [4.69, 9.17) is 0 Å². The Morgan fingerprint density at radius 1 is 0.298 bits per heavy atom. The van der Waals surface area contributed by atoms with Gasteiger partial charge < -0.3 is 0 Å². The zero-order chi connectivity index (χ0) is 69.3. The summed E-state index contributed by atoms with van der Waals surface area (Å²) in [5, 5.41) is 0. The van der Waals surface area contributed by atoms with E-state index in [2.05, 4.69) is 188 Å². The summed E-state index contributed by atoms with van der Waals surface area (Å²) >= 11 is 0. The van der Waals surface area contributed by atoms with Crippen LogP contribution in [0.25, 0.3) is 5.69 Å².